The van der Waals surface area contributed by atoms with Gasteiger partial charge in [-0.2, -0.15) is 0 Å². The summed E-state index contributed by atoms with van der Waals surface area (Å²) in [6.45, 7) is 3.19. The highest BCUT2D eigenvalue weighted by Crippen LogP contribution is 2.39. The minimum absolute atomic E-state index is 0.334. The Balaban J connectivity index is 1.99. The third kappa shape index (κ3) is 2.68. The zero-order valence-electron chi connectivity index (χ0n) is 11.8. The Morgan fingerprint density at radius 1 is 1.12 bits per heavy atom. The van der Waals surface area contributed by atoms with Gasteiger partial charge in [-0.1, -0.05) is 26.2 Å². The third-order valence-corrected chi connectivity index (χ3v) is 5.61. The highest BCUT2D eigenvalue weighted by atomic mass is 15.2. The minimum atomic E-state index is 0.334. The Kier molecular flexibility index (Phi) is 4.48. The van der Waals surface area contributed by atoms with Crippen LogP contribution < -0.4 is 5.73 Å². The summed E-state index contributed by atoms with van der Waals surface area (Å²) >= 11 is 0. The topological polar surface area (TPSA) is 29.3 Å². The summed E-state index contributed by atoms with van der Waals surface area (Å²) in [4.78, 5) is 2.67. The molecule has 2 nitrogen and oxygen atoms in total. The van der Waals surface area contributed by atoms with Crippen molar-refractivity contribution in [2.75, 3.05) is 13.6 Å². The number of hydrogen-bond donors (Lipinski definition) is 1. The van der Waals surface area contributed by atoms with E-state index in [2.05, 4.69) is 18.9 Å². The van der Waals surface area contributed by atoms with E-state index in [-0.39, 0.29) is 0 Å². The standard InChI is InChI=1S/C15H30N2/c1-3-13-8-10-15(12-16,11-9-13)17(2)14-6-4-5-7-14/h13-14H,3-12,16H2,1-2H3. The Bertz CT molecular complexity index is 225. The lowest BCUT2D eigenvalue weighted by molar-refractivity contribution is 0.0314. The number of likely N-dealkylation sites (N-methyl/N-ethyl adjacent to an activating group) is 1. The molecule has 0 aromatic heterocycles. The van der Waals surface area contributed by atoms with Gasteiger partial charge in [-0.3, -0.25) is 4.90 Å². The van der Waals surface area contributed by atoms with Crippen molar-refractivity contribution in [2.45, 2.75) is 76.3 Å². The van der Waals surface area contributed by atoms with Crippen LogP contribution in [0.3, 0.4) is 0 Å². The van der Waals surface area contributed by atoms with Gasteiger partial charge in [0, 0.05) is 18.1 Å². The van der Waals surface area contributed by atoms with Gasteiger partial charge in [0.25, 0.3) is 0 Å². The summed E-state index contributed by atoms with van der Waals surface area (Å²) < 4.78 is 0. The van der Waals surface area contributed by atoms with E-state index < -0.39 is 0 Å². The smallest absolute Gasteiger partial charge is 0.0331 e. The van der Waals surface area contributed by atoms with E-state index in [1.807, 2.05) is 0 Å². The second-order valence-electron chi connectivity index (χ2n) is 6.33. The van der Waals surface area contributed by atoms with Crippen LogP contribution in [0.1, 0.15) is 64.7 Å². The van der Waals surface area contributed by atoms with Crippen LogP contribution >= 0.6 is 0 Å². The molecular formula is C15H30N2. The molecule has 0 heterocycles. The molecule has 0 aromatic carbocycles. The maximum absolute atomic E-state index is 6.15. The lowest BCUT2D eigenvalue weighted by Crippen LogP contribution is -2.57. The Hall–Kier alpha value is -0.0800. The first kappa shape index (κ1) is 13.4. The van der Waals surface area contributed by atoms with Gasteiger partial charge < -0.3 is 5.73 Å². The molecule has 0 atom stereocenters. The van der Waals surface area contributed by atoms with E-state index in [4.69, 9.17) is 5.73 Å². The van der Waals surface area contributed by atoms with Gasteiger partial charge in [0.15, 0.2) is 0 Å². The van der Waals surface area contributed by atoms with Crippen molar-refractivity contribution in [1.82, 2.24) is 4.90 Å². The Morgan fingerprint density at radius 2 is 1.71 bits per heavy atom. The summed E-state index contributed by atoms with van der Waals surface area (Å²) in [5.74, 6) is 0.964. The van der Waals surface area contributed by atoms with Crippen molar-refractivity contribution in [3.8, 4) is 0 Å². The van der Waals surface area contributed by atoms with Gasteiger partial charge in [-0.25, -0.2) is 0 Å². The SMILES string of the molecule is CCC1CCC(CN)(N(C)C2CCCC2)CC1. The first-order valence-electron chi connectivity index (χ1n) is 7.65. The maximum Gasteiger partial charge on any atom is 0.0331 e. The zero-order chi connectivity index (χ0) is 12.3. The van der Waals surface area contributed by atoms with Gasteiger partial charge >= 0.3 is 0 Å². The van der Waals surface area contributed by atoms with E-state index in [0.29, 0.717) is 5.54 Å². The first-order valence-corrected chi connectivity index (χ1v) is 7.65. The second kappa shape index (κ2) is 5.71. The van der Waals surface area contributed by atoms with Crippen molar-refractivity contribution >= 4 is 0 Å². The summed E-state index contributed by atoms with van der Waals surface area (Å²) in [6.07, 6.45) is 12.4. The highest BCUT2D eigenvalue weighted by molar-refractivity contribution is 4.97. The van der Waals surface area contributed by atoms with Gasteiger partial charge in [0.05, 0.1) is 0 Å². The Labute approximate surface area is 107 Å². The Morgan fingerprint density at radius 3 is 2.18 bits per heavy atom. The molecule has 17 heavy (non-hydrogen) atoms. The minimum Gasteiger partial charge on any atom is -0.329 e. The molecule has 2 N–H and O–H groups in total. The van der Waals surface area contributed by atoms with Crippen molar-refractivity contribution in [3.63, 3.8) is 0 Å². The quantitative estimate of drug-likeness (QED) is 0.815. The molecule has 2 rings (SSSR count). The zero-order valence-corrected chi connectivity index (χ0v) is 11.8. The number of nitrogens with zero attached hydrogens (tertiary/aromatic N) is 1. The largest absolute Gasteiger partial charge is 0.329 e. The molecule has 2 aliphatic carbocycles. The summed E-state index contributed by atoms with van der Waals surface area (Å²) in [7, 11) is 2.34. The molecule has 2 aliphatic rings. The van der Waals surface area contributed by atoms with Gasteiger partial charge in [0.1, 0.15) is 0 Å². The molecule has 0 amide bonds. The van der Waals surface area contributed by atoms with Crippen LogP contribution in [0.5, 0.6) is 0 Å². The van der Waals surface area contributed by atoms with Crippen LogP contribution in [-0.4, -0.2) is 30.1 Å². The fourth-order valence-corrected chi connectivity index (χ4v) is 4.00. The average Bonchev–Trinajstić information content (AvgIpc) is 2.92. The monoisotopic (exact) mass is 238 g/mol. The molecule has 2 saturated carbocycles. The van der Waals surface area contributed by atoms with Crippen molar-refractivity contribution in [3.05, 3.63) is 0 Å². The van der Waals surface area contributed by atoms with Crippen molar-refractivity contribution < 1.29 is 0 Å². The summed E-state index contributed by atoms with van der Waals surface area (Å²) in [6, 6.07) is 0.816. The van der Waals surface area contributed by atoms with Crippen LogP contribution in [-0.2, 0) is 0 Å². The predicted molar refractivity (Wildman–Crippen MR) is 74.1 cm³/mol. The summed E-state index contributed by atoms with van der Waals surface area (Å²) in [5.41, 5.74) is 6.49. The molecule has 2 fully saturated rings. The molecule has 2 heteroatoms. The lowest BCUT2D eigenvalue weighted by atomic mass is 9.74. The van der Waals surface area contributed by atoms with E-state index in [0.717, 1.165) is 18.5 Å². The first-order chi connectivity index (χ1) is 8.22. The maximum atomic E-state index is 6.15. The van der Waals surface area contributed by atoms with E-state index in [9.17, 15) is 0 Å². The van der Waals surface area contributed by atoms with E-state index >= 15 is 0 Å². The average molecular weight is 238 g/mol. The van der Waals surface area contributed by atoms with Gasteiger partial charge in [-0.05, 0) is 51.5 Å². The molecule has 0 radical (unpaired) electrons. The van der Waals surface area contributed by atoms with Crippen LogP contribution in [0.4, 0.5) is 0 Å². The second-order valence-corrected chi connectivity index (χ2v) is 6.33. The molecule has 0 aliphatic heterocycles. The lowest BCUT2D eigenvalue weighted by Gasteiger charge is -2.48. The van der Waals surface area contributed by atoms with E-state index in [1.165, 1.54) is 57.8 Å². The molecule has 100 valence electrons. The fourth-order valence-electron chi connectivity index (χ4n) is 4.00. The van der Waals surface area contributed by atoms with Crippen LogP contribution in [0.15, 0.2) is 0 Å². The molecule has 0 spiro atoms. The van der Waals surface area contributed by atoms with Crippen molar-refractivity contribution in [2.24, 2.45) is 11.7 Å². The van der Waals surface area contributed by atoms with Gasteiger partial charge in [0.2, 0.25) is 0 Å². The predicted octanol–water partition coefficient (Wildman–Crippen LogP) is 3.16. The highest BCUT2D eigenvalue weighted by Gasteiger charge is 2.40. The van der Waals surface area contributed by atoms with E-state index in [1.54, 1.807) is 0 Å². The van der Waals surface area contributed by atoms with Crippen LogP contribution in [0.25, 0.3) is 0 Å². The number of nitrogens with two attached hydrogens (primary N) is 1. The fraction of sp³-hybridized carbons (Fsp3) is 1.00. The summed E-state index contributed by atoms with van der Waals surface area (Å²) in [5, 5.41) is 0. The number of hydrogen-bond acceptors (Lipinski definition) is 2. The molecule has 0 saturated heterocycles. The van der Waals surface area contributed by atoms with Crippen LogP contribution in [0, 0.1) is 5.92 Å². The molecular weight excluding hydrogens is 208 g/mol. The van der Waals surface area contributed by atoms with Gasteiger partial charge in [-0.15, -0.1) is 0 Å². The van der Waals surface area contributed by atoms with Crippen LogP contribution in [0.2, 0.25) is 0 Å². The van der Waals surface area contributed by atoms with Crippen molar-refractivity contribution in [1.29, 1.82) is 0 Å². The third-order valence-electron chi connectivity index (χ3n) is 5.61. The molecule has 0 aromatic rings. The normalized spacial score (nSPS) is 35.6. The molecule has 0 unspecified atom stereocenters. The number of rotatable bonds is 4. The molecule has 0 bridgehead atoms.